The summed E-state index contributed by atoms with van der Waals surface area (Å²) < 4.78 is 11.4. The summed E-state index contributed by atoms with van der Waals surface area (Å²) in [5.41, 5.74) is 6.09. The van der Waals surface area contributed by atoms with E-state index in [1.165, 1.54) is 0 Å². The number of aromatic nitrogens is 1. The molecule has 0 saturated carbocycles. The Morgan fingerprint density at radius 1 is 1.23 bits per heavy atom. The largest absolute Gasteiger partial charge is 0.387 e. The Bertz CT molecular complexity index is 865. The van der Waals surface area contributed by atoms with E-state index < -0.39 is 18.6 Å². The second-order valence-electron chi connectivity index (χ2n) is 9.75. The molecule has 170 valence electrons. The highest BCUT2D eigenvalue weighted by Crippen LogP contribution is 2.41. The maximum Gasteiger partial charge on any atom is 0.387 e. The van der Waals surface area contributed by atoms with E-state index in [0.717, 1.165) is 5.56 Å². The second kappa shape index (κ2) is 8.89. The summed E-state index contributed by atoms with van der Waals surface area (Å²) in [6.45, 7) is 17.8. The van der Waals surface area contributed by atoms with Gasteiger partial charge in [0.05, 0.1) is 31.4 Å². The standard InChI is InChI=1S/C23H35N3O4Si/c1-16(2)31(17(3)4,18(5)6)11-8-20-12-21(22(24-13-20)26(27)28)25-9-10-30-23(19(25)7)14-29-15-23/h12-13,16-19H,9-10,14-15H2,1-7H3/t19-/m0/s1. The number of anilines is 1. The van der Waals surface area contributed by atoms with Crippen LogP contribution in [0.3, 0.4) is 0 Å². The first-order valence-corrected chi connectivity index (χ1v) is 13.4. The summed E-state index contributed by atoms with van der Waals surface area (Å²) in [6, 6.07) is 1.79. The third-order valence-electron chi connectivity index (χ3n) is 7.26. The molecule has 0 amide bonds. The molecular formula is C23H35N3O4Si. The Morgan fingerprint density at radius 2 is 1.84 bits per heavy atom. The van der Waals surface area contributed by atoms with Crippen LogP contribution in [-0.4, -0.2) is 56.0 Å². The molecule has 2 fully saturated rings. The Morgan fingerprint density at radius 3 is 2.32 bits per heavy atom. The smallest absolute Gasteiger partial charge is 0.375 e. The van der Waals surface area contributed by atoms with Crippen molar-refractivity contribution in [1.82, 2.24) is 4.98 Å². The SMILES string of the molecule is CC(C)[Si](C#Cc1cnc([N+](=O)[O-])c(N2CCOC3(COC3)[C@@H]2C)c1)(C(C)C)C(C)C. The first-order valence-electron chi connectivity index (χ1n) is 11.2. The zero-order valence-corrected chi connectivity index (χ0v) is 20.8. The number of nitro groups is 1. The summed E-state index contributed by atoms with van der Waals surface area (Å²) in [5, 5.41) is 11.7. The van der Waals surface area contributed by atoms with Crippen molar-refractivity contribution in [1.29, 1.82) is 0 Å². The quantitative estimate of drug-likeness (QED) is 0.286. The monoisotopic (exact) mass is 445 g/mol. The highest BCUT2D eigenvalue weighted by Gasteiger charge is 2.50. The van der Waals surface area contributed by atoms with Gasteiger partial charge in [-0.1, -0.05) is 47.5 Å². The summed E-state index contributed by atoms with van der Waals surface area (Å²) in [4.78, 5) is 17.6. The van der Waals surface area contributed by atoms with Crippen molar-refractivity contribution in [3.63, 3.8) is 0 Å². The number of morpholine rings is 1. The predicted molar refractivity (Wildman–Crippen MR) is 125 cm³/mol. The summed E-state index contributed by atoms with van der Waals surface area (Å²) >= 11 is 0. The number of ether oxygens (including phenoxy) is 2. The molecule has 8 heteroatoms. The Labute approximate surface area is 186 Å². The molecule has 0 aromatic carbocycles. The summed E-state index contributed by atoms with van der Waals surface area (Å²) in [5.74, 6) is 3.25. The molecular weight excluding hydrogens is 410 g/mol. The van der Waals surface area contributed by atoms with Gasteiger partial charge in [-0.2, -0.15) is 0 Å². The molecule has 31 heavy (non-hydrogen) atoms. The van der Waals surface area contributed by atoms with Crippen molar-refractivity contribution >= 4 is 19.6 Å². The number of hydrogen-bond donors (Lipinski definition) is 0. The van der Waals surface area contributed by atoms with Crippen LogP contribution in [0.4, 0.5) is 11.5 Å². The number of nitrogens with zero attached hydrogens (tertiary/aromatic N) is 3. The van der Waals surface area contributed by atoms with E-state index in [2.05, 4.69) is 58.0 Å². The van der Waals surface area contributed by atoms with E-state index in [1.54, 1.807) is 6.20 Å². The van der Waals surface area contributed by atoms with Crippen LogP contribution in [0.2, 0.25) is 16.6 Å². The fourth-order valence-electron chi connectivity index (χ4n) is 5.38. The van der Waals surface area contributed by atoms with E-state index in [-0.39, 0.29) is 11.9 Å². The number of rotatable bonds is 5. The van der Waals surface area contributed by atoms with Gasteiger partial charge in [0, 0.05) is 6.54 Å². The maximum absolute atomic E-state index is 11.7. The molecule has 7 nitrogen and oxygen atoms in total. The lowest BCUT2D eigenvalue weighted by atomic mass is 9.90. The minimum Gasteiger partial charge on any atom is -0.375 e. The van der Waals surface area contributed by atoms with Crippen molar-refractivity contribution in [2.75, 3.05) is 31.3 Å². The van der Waals surface area contributed by atoms with Crippen molar-refractivity contribution in [3.05, 3.63) is 27.9 Å². The average molecular weight is 446 g/mol. The lowest BCUT2D eigenvalue weighted by molar-refractivity contribution is -0.388. The van der Waals surface area contributed by atoms with Crippen LogP contribution in [-0.2, 0) is 9.47 Å². The van der Waals surface area contributed by atoms with Crippen molar-refractivity contribution in [2.45, 2.75) is 76.7 Å². The fourth-order valence-corrected chi connectivity index (χ4v) is 10.6. The molecule has 1 aromatic rings. The molecule has 0 radical (unpaired) electrons. The van der Waals surface area contributed by atoms with Crippen LogP contribution in [0.25, 0.3) is 0 Å². The molecule has 2 aliphatic rings. The topological polar surface area (TPSA) is 77.7 Å². The van der Waals surface area contributed by atoms with Gasteiger partial charge in [-0.3, -0.25) is 0 Å². The van der Waals surface area contributed by atoms with Gasteiger partial charge in [0.25, 0.3) is 0 Å². The van der Waals surface area contributed by atoms with Crippen LogP contribution < -0.4 is 4.90 Å². The van der Waals surface area contributed by atoms with Crippen molar-refractivity contribution in [3.8, 4) is 11.5 Å². The van der Waals surface area contributed by atoms with Gasteiger partial charge in [0.15, 0.2) is 6.20 Å². The maximum atomic E-state index is 11.7. The summed E-state index contributed by atoms with van der Waals surface area (Å²) in [6.07, 6.45) is 1.54. The minimum atomic E-state index is -1.91. The van der Waals surface area contributed by atoms with Gasteiger partial charge >= 0.3 is 5.82 Å². The lowest BCUT2D eigenvalue weighted by Crippen LogP contribution is -2.68. The van der Waals surface area contributed by atoms with Gasteiger partial charge in [0.2, 0.25) is 0 Å². The Kier molecular flexibility index (Phi) is 6.80. The fraction of sp³-hybridized carbons (Fsp3) is 0.696. The predicted octanol–water partition coefficient (Wildman–Crippen LogP) is 4.55. The molecule has 2 saturated heterocycles. The van der Waals surface area contributed by atoms with Crippen LogP contribution in [0.5, 0.6) is 0 Å². The zero-order chi connectivity index (χ0) is 23.0. The minimum absolute atomic E-state index is 0.0471. The molecule has 0 bridgehead atoms. The molecule has 1 aromatic heterocycles. The third-order valence-corrected chi connectivity index (χ3v) is 13.6. The average Bonchev–Trinajstić information content (AvgIpc) is 2.66. The van der Waals surface area contributed by atoms with Gasteiger partial charge in [-0.05, 0) is 39.5 Å². The molecule has 3 heterocycles. The Hall–Kier alpha value is -1.95. The third kappa shape index (κ3) is 4.11. The van der Waals surface area contributed by atoms with Crippen LogP contribution >= 0.6 is 0 Å². The van der Waals surface area contributed by atoms with E-state index in [4.69, 9.17) is 9.47 Å². The molecule has 0 N–H and O–H groups in total. The first-order chi connectivity index (χ1) is 14.5. The van der Waals surface area contributed by atoms with Crippen LogP contribution in [0.1, 0.15) is 54.0 Å². The number of pyridine rings is 1. The molecule has 0 aliphatic carbocycles. The molecule has 0 unspecified atom stereocenters. The highest BCUT2D eigenvalue weighted by atomic mass is 28.3. The van der Waals surface area contributed by atoms with Crippen LogP contribution in [0.15, 0.2) is 12.3 Å². The zero-order valence-electron chi connectivity index (χ0n) is 19.8. The second-order valence-corrected chi connectivity index (χ2v) is 15.3. The normalized spacial score (nSPS) is 20.7. The van der Waals surface area contributed by atoms with E-state index in [0.29, 0.717) is 48.7 Å². The molecule has 3 rings (SSSR count). The van der Waals surface area contributed by atoms with Gasteiger partial charge in [0.1, 0.15) is 19.4 Å². The highest BCUT2D eigenvalue weighted by molar-refractivity contribution is 6.90. The van der Waals surface area contributed by atoms with Crippen molar-refractivity contribution < 1.29 is 14.4 Å². The number of hydrogen-bond acceptors (Lipinski definition) is 6. The summed E-state index contributed by atoms with van der Waals surface area (Å²) in [7, 11) is -1.91. The van der Waals surface area contributed by atoms with Gasteiger partial charge in [-0.25, -0.2) is 0 Å². The molecule has 1 atom stereocenters. The Balaban J connectivity index is 2.04. The van der Waals surface area contributed by atoms with E-state index in [1.807, 2.05) is 17.9 Å². The van der Waals surface area contributed by atoms with Crippen LogP contribution in [0, 0.1) is 21.6 Å². The van der Waals surface area contributed by atoms with Gasteiger partial charge < -0.3 is 24.5 Å². The van der Waals surface area contributed by atoms with Gasteiger partial charge in [-0.15, -0.1) is 5.54 Å². The molecule has 2 aliphatic heterocycles. The van der Waals surface area contributed by atoms with E-state index in [9.17, 15) is 10.1 Å². The van der Waals surface area contributed by atoms with Crippen molar-refractivity contribution in [2.24, 2.45) is 0 Å². The first kappa shape index (κ1) is 23.7. The molecule has 1 spiro atoms. The van der Waals surface area contributed by atoms with E-state index >= 15 is 0 Å². The lowest BCUT2D eigenvalue weighted by Gasteiger charge is -2.53.